The van der Waals surface area contributed by atoms with Gasteiger partial charge < -0.3 is 15.2 Å². The second kappa shape index (κ2) is 8.53. The number of carbonyl (C=O) groups is 2. The van der Waals surface area contributed by atoms with Gasteiger partial charge in [0.1, 0.15) is 12.6 Å². The number of benzene rings is 2. The molecule has 0 aliphatic carbocycles. The van der Waals surface area contributed by atoms with Crippen molar-refractivity contribution in [2.75, 3.05) is 0 Å². The van der Waals surface area contributed by atoms with E-state index in [1.165, 1.54) is 6.08 Å². The van der Waals surface area contributed by atoms with Crippen LogP contribution in [0.3, 0.4) is 0 Å². The van der Waals surface area contributed by atoms with Crippen molar-refractivity contribution in [2.24, 2.45) is 0 Å². The van der Waals surface area contributed by atoms with Crippen molar-refractivity contribution < 1.29 is 19.4 Å². The van der Waals surface area contributed by atoms with Crippen LogP contribution in [0, 0.1) is 0 Å². The molecule has 2 N–H and O–H groups in total. The van der Waals surface area contributed by atoms with Crippen molar-refractivity contribution in [3.63, 3.8) is 0 Å². The summed E-state index contributed by atoms with van der Waals surface area (Å²) >= 11 is 0. The average Bonchev–Trinajstić information content (AvgIpc) is 2.61. The number of carboxylic acids is 1. The van der Waals surface area contributed by atoms with Crippen LogP contribution in [0.4, 0.5) is 4.79 Å². The SMILES string of the molecule is C=C[C@H](c1ccccc1)[C@H](NC(=O)OCc1ccccc1)C(=O)O. The maximum atomic E-state index is 12.0. The molecule has 0 heterocycles. The van der Waals surface area contributed by atoms with Crippen LogP contribution in [0.25, 0.3) is 0 Å². The molecule has 124 valence electrons. The minimum absolute atomic E-state index is 0.0725. The summed E-state index contributed by atoms with van der Waals surface area (Å²) in [4.78, 5) is 23.5. The number of nitrogens with one attached hydrogen (secondary N) is 1. The predicted octanol–water partition coefficient (Wildman–Crippen LogP) is 3.34. The Morgan fingerprint density at radius 2 is 1.67 bits per heavy atom. The molecular formula is C19H19NO4. The molecule has 0 spiro atoms. The first kappa shape index (κ1) is 17.3. The molecule has 24 heavy (non-hydrogen) atoms. The molecule has 0 fully saturated rings. The molecule has 5 nitrogen and oxygen atoms in total. The van der Waals surface area contributed by atoms with Crippen LogP contribution in [-0.2, 0) is 16.1 Å². The van der Waals surface area contributed by atoms with Crippen LogP contribution in [0.5, 0.6) is 0 Å². The Balaban J connectivity index is 2.03. The third kappa shape index (κ3) is 4.71. The van der Waals surface area contributed by atoms with Gasteiger partial charge in [0.25, 0.3) is 0 Å². The minimum Gasteiger partial charge on any atom is -0.480 e. The van der Waals surface area contributed by atoms with E-state index >= 15 is 0 Å². The van der Waals surface area contributed by atoms with Crippen molar-refractivity contribution in [1.82, 2.24) is 5.32 Å². The molecule has 2 aromatic rings. The van der Waals surface area contributed by atoms with Crippen molar-refractivity contribution in [3.05, 3.63) is 84.4 Å². The molecule has 0 aliphatic rings. The fourth-order valence-electron chi connectivity index (χ4n) is 2.34. The monoisotopic (exact) mass is 325 g/mol. The number of rotatable bonds is 7. The van der Waals surface area contributed by atoms with Crippen LogP contribution in [-0.4, -0.2) is 23.2 Å². The summed E-state index contributed by atoms with van der Waals surface area (Å²) in [5.41, 5.74) is 1.58. The Bertz CT molecular complexity index is 685. The number of hydrogen-bond donors (Lipinski definition) is 2. The lowest BCUT2D eigenvalue weighted by Crippen LogP contribution is -2.44. The van der Waals surface area contributed by atoms with Crippen LogP contribution >= 0.6 is 0 Å². The fourth-order valence-corrected chi connectivity index (χ4v) is 2.34. The van der Waals surface area contributed by atoms with Crippen LogP contribution in [0.2, 0.25) is 0 Å². The third-order valence-corrected chi connectivity index (χ3v) is 3.55. The molecule has 2 atom stereocenters. The van der Waals surface area contributed by atoms with E-state index in [4.69, 9.17) is 4.74 Å². The van der Waals surface area contributed by atoms with Gasteiger partial charge in [0.05, 0.1) is 0 Å². The standard InChI is InChI=1S/C19H19NO4/c1-2-16(15-11-7-4-8-12-15)17(18(21)22)20-19(23)24-13-14-9-5-3-6-10-14/h2-12,16-17H,1,13H2,(H,20,23)(H,21,22)/t16-,17+/m1/s1. The Labute approximate surface area is 140 Å². The summed E-state index contributed by atoms with van der Waals surface area (Å²) in [6.07, 6.45) is 0.722. The summed E-state index contributed by atoms with van der Waals surface area (Å²) in [7, 11) is 0. The zero-order valence-corrected chi connectivity index (χ0v) is 13.1. The summed E-state index contributed by atoms with van der Waals surface area (Å²) in [5.74, 6) is -1.71. The first-order valence-corrected chi connectivity index (χ1v) is 7.49. The molecule has 0 saturated carbocycles. The molecule has 0 radical (unpaired) electrons. The van der Waals surface area contributed by atoms with E-state index in [0.717, 1.165) is 11.1 Å². The van der Waals surface area contributed by atoms with Gasteiger partial charge in [0.2, 0.25) is 0 Å². The van der Waals surface area contributed by atoms with E-state index in [1.807, 2.05) is 36.4 Å². The van der Waals surface area contributed by atoms with E-state index in [1.54, 1.807) is 24.3 Å². The largest absolute Gasteiger partial charge is 0.480 e. The Morgan fingerprint density at radius 1 is 1.08 bits per heavy atom. The Hall–Kier alpha value is -3.08. The van der Waals surface area contributed by atoms with E-state index < -0.39 is 24.0 Å². The third-order valence-electron chi connectivity index (χ3n) is 3.55. The lowest BCUT2D eigenvalue weighted by molar-refractivity contribution is -0.139. The smallest absolute Gasteiger partial charge is 0.408 e. The van der Waals surface area contributed by atoms with Gasteiger partial charge in [-0.25, -0.2) is 9.59 Å². The summed E-state index contributed by atoms with van der Waals surface area (Å²) in [6.45, 7) is 3.76. The molecule has 2 rings (SSSR count). The number of alkyl carbamates (subject to hydrolysis) is 1. The Kier molecular flexibility index (Phi) is 6.14. The molecule has 1 amide bonds. The van der Waals surface area contributed by atoms with Crippen molar-refractivity contribution in [3.8, 4) is 0 Å². The van der Waals surface area contributed by atoms with Crippen molar-refractivity contribution in [1.29, 1.82) is 0 Å². The lowest BCUT2D eigenvalue weighted by atomic mass is 9.91. The number of aliphatic carboxylic acids is 1. The van der Waals surface area contributed by atoms with E-state index in [-0.39, 0.29) is 6.61 Å². The zero-order valence-electron chi connectivity index (χ0n) is 13.1. The van der Waals surface area contributed by atoms with Gasteiger partial charge in [0.15, 0.2) is 0 Å². The van der Waals surface area contributed by atoms with E-state index in [9.17, 15) is 14.7 Å². The van der Waals surface area contributed by atoms with E-state index in [0.29, 0.717) is 0 Å². The first-order chi connectivity index (χ1) is 11.6. The lowest BCUT2D eigenvalue weighted by Gasteiger charge is -2.22. The highest BCUT2D eigenvalue weighted by Crippen LogP contribution is 2.21. The minimum atomic E-state index is -1.16. The summed E-state index contributed by atoms with van der Waals surface area (Å²) < 4.78 is 5.09. The molecule has 0 saturated heterocycles. The van der Waals surface area contributed by atoms with Crippen LogP contribution in [0.15, 0.2) is 73.3 Å². The molecule has 0 bridgehead atoms. The van der Waals surface area contributed by atoms with Gasteiger partial charge in [-0.05, 0) is 11.1 Å². The summed E-state index contributed by atoms with van der Waals surface area (Å²) in [6, 6.07) is 17.0. The zero-order chi connectivity index (χ0) is 17.4. The number of amides is 1. The van der Waals surface area contributed by atoms with Crippen LogP contribution < -0.4 is 5.32 Å². The van der Waals surface area contributed by atoms with Gasteiger partial charge in [-0.3, -0.25) is 0 Å². The van der Waals surface area contributed by atoms with Gasteiger partial charge in [-0.15, -0.1) is 6.58 Å². The molecule has 0 aromatic heterocycles. The van der Waals surface area contributed by atoms with Gasteiger partial charge >= 0.3 is 12.1 Å². The van der Waals surface area contributed by atoms with E-state index in [2.05, 4.69) is 11.9 Å². The molecule has 2 aromatic carbocycles. The normalized spacial score (nSPS) is 12.7. The second-order valence-corrected chi connectivity index (χ2v) is 5.19. The van der Waals surface area contributed by atoms with Gasteiger partial charge in [-0.2, -0.15) is 0 Å². The maximum absolute atomic E-state index is 12.0. The first-order valence-electron chi connectivity index (χ1n) is 7.49. The van der Waals surface area contributed by atoms with Crippen molar-refractivity contribution >= 4 is 12.1 Å². The molecule has 0 unspecified atom stereocenters. The van der Waals surface area contributed by atoms with Gasteiger partial charge in [0, 0.05) is 5.92 Å². The number of ether oxygens (including phenoxy) is 1. The number of carbonyl (C=O) groups excluding carboxylic acids is 1. The number of hydrogen-bond acceptors (Lipinski definition) is 3. The highest BCUT2D eigenvalue weighted by atomic mass is 16.5. The predicted molar refractivity (Wildman–Crippen MR) is 90.6 cm³/mol. The maximum Gasteiger partial charge on any atom is 0.408 e. The molecular weight excluding hydrogens is 306 g/mol. The molecule has 5 heteroatoms. The van der Waals surface area contributed by atoms with Gasteiger partial charge in [-0.1, -0.05) is 66.7 Å². The highest BCUT2D eigenvalue weighted by Gasteiger charge is 2.29. The summed E-state index contributed by atoms with van der Waals surface area (Å²) in [5, 5.41) is 11.9. The topological polar surface area (TPSA) is 75.6 Å². The quantitative estimate of drug-likeness (QED) is 0.766. The molecule has 0 aliphatic heterocycles. The number of carboxylic acid groups (broad SMARTS) is 1. The average molecular weight is 325 g/mol. The van der Waals surface area contributed by atoms with Crippen LogP contribution in [0.1, 0.15) is 17.0 Å². The van der Waals surface area contributed by atoms with Crippen molar-refractivity contribution in [2.45, 2.75) is 18.6 Å². The highest BCUT2D eigenvalue weighted by molar-refractivity contribution is 5.81. The second-order valence-electron chi connectivity index (χ2n) is 5.19. The fraction of sp³-hybridized carbons (Fsp3) is 0.158. The Morgan fingerprint density at radius 3 is 2.21 bits per heavy atom.